The fourth-order valence-corrected chi connectivity index (χ4v) is 0.944. The number of halogens is 1. The Kier molecular flexibility index (Phi) is 4.13. The van der Waals surface area contributed by atoms with Crippen LogP contribution in [0, 0.1) is 0 Å². The van der Waals surface area contributed by atoms with Gasteiger partial charge in [-0.2, -0.15) is 0 Å². The molecule has 0 saturated carbocycles. The first kappa shape index (κ1) is 10.7. The lowest BCUT2D eigenvalue weighted by molar-refractivity contribution is -0.143. The largest absolute Gasteiger partial charge is 0.334 e. The predicted molar refractivity (Wildman–Crippen MR) is 55.2 cm³/mol. The van der Waals surface area contributed by atoms with Gasteiger partial charge < -0.3 is 4.84 Å². The summed E-state index contributed by atoms with van der Waals surface area (Å²) >= 11 is 5.78. The summed E-state index contributed by atoms with van der Waals surface area (Å²) in [6, 6.07) is 9.09. The number of carbonyl (C=O) groups is 1. The van der Waals surface area contributed by atoms with Crippen LogP contribution in [0.25, 0.3) is 0 Å². The molecule has 1 rings (SSSR count). The summed E-state index contributed by atoms with van der Waals surface area (Å²) in [6.45, 7) is 1.69. The monoisotopic (exact) mass is 211 g/mol. The fourth-order valence-electron chi connectivity index (χ4n) is 0.784. The Morgan fingerprint density at radius 1 is 1.43 bits per heavy atom. The molecule has 4 heteroatoms. The summed E-state index contributed by atoms with van der Waals surface area (Å²) < 4.78 is 0. The first-order valence-corrected chi connectivity index (χ1v) is 4.60. The van der Waals surface area contributed by atoms with E-state index in [2.05, 4.69) is 9.99 Å². The second-order valence-corrected chi connectivity index (χ2v) is 2.92. The number of nitrogens with zero attached hydrogens (tertiary/aromatic N) is 1. The predicted octanol–water partition coefficient (Wildman–Crippen LogP) is 2.54. The molecule has 3 nitrogen and oxygen atoms in total. The third-order valence-corrected chi connectivity index (χ3v) is 1.82. The fraction of sp³-hybridized carbons (Fsp3) is 0.200. The van der Waals surface area contributed by atoms with Gasteiger partial charge in [0.1, 0.15) is 0 Å². The topological polar surface area (TPSA) is 38.7 Å². The Bertz CT molecular complexity index is 335. The van der Waals surface area contributed by atoms with Gasteiger partial charge in [-0.25, -0.2) is 4.79 Å². The van der Waals surface area contributed by atoms with Crippen LogP contribution in [0.2, 0.25) is 0 Å². The summed E-state index contributed by atoms with van der Waals surface area (Å²) in [4.78, 5) is 15.3. The van der Waals surface area contributed by atoms with Gasteiger partial charge in [-0.3, -0.25) is 0 Å². The molecule has 0 N–H and O–H groups in total. The highest BCUT2D eigenvalue weighted by Crippen LogP contribution is 2.05. The molecule has 0 unspecified atom stereocenters. The summed E-state index contributed by atoms with van der Waals surface area (Å²) in [5.41, 5.74) is 0.720. The van der Waals surface area contributed by atoms with Gasteiger partial charge in [-0.1, -0.05) is 54.0 Å². The molecule has 0 heterocycles. The van der Waals surface area contributed by atoms with E-state index in [9.17, 15) is 4.79 Å². The van der Waals surface area contributed by atoms with Gasteiger partial charge in [0, 0.05) is 12.0 Å². The molecule has 14 heavy (non-hydrogen) atoms. The first-order valence-electron chi connectivity index (χ1n) is 4.22. The molecule has 0 amide bonds. The van der Waals surface area contributed by atoms with Gasteiger partial charge in [0.25, 0.3) is 0 Å². The van der Waals surface area contributed by atoms with Crippen LogP contribution in [0.1, 0.15) is 18.9 Å². The lowest BCUT2D eigenvalue weighted by Gasteiger charge is -1.97. The van der Waals surface area contributed by atoms with Crippen molar-refractivity contribution in [2.45, 2.75) is 13.3 Å². The molecule has 74 valence electrons. The van der Waals surface area contributed by atoms with Gasteiger partial charge in [0.05, 0.1) is 0 Å². The molecule has 0 radical (unpaired) electrons. The molecule has 1 aromatic rings. The van der Waals surface area contributed by atoms with Crippen molar-refractivity contribution in [3.8, 4) is 0 Å². The first-order chi connectivity index (χ1) is 6.74. The van der Waals surface area contributed by atoms with E-state index < -0.39 is 5.97 Å². The van der Waals surface area contributed by atoms with Crippen LogP contribution < -0.4 is 0 Å². The number of benzene rings is 1. The van der Waals surface area contributed by atoms with E-state index in [1.165, 1.54) is 0 Å². The molecule has 0 saturated heterocycles. The maximum atomic E-state index is 10.8. The van der Waals surface area contributed by atoms with Crippen LogP contribution in [0.4, 0.5) is 0 Å². The lowest BCUT2D eigenvalue weighted by Crippen LogP contribution is -1.99. The Morgan fingerprint density at radius 3 is 2.64 bits per heavy atom. The Morgan fingerprint density at radius 2 is 2.07 bits per heavy atom. The number of hydrogen-bond acceptors (Lipinski definition) is 3. The molecular weight excluding hydrogens is 202 g/mol. The van der Waals surface area contributed by atoms with E-state index in [0.29, 0.717) is 0 Å². The molecule has 0 aliphatic carbocycles. The maximum Gasteiger partial charge on any atom is 0.334 e. The smallest absolute Gasteiger partial charge is 0.317 e. The number of rotatable bonds is 3. The zero-order chi connectivity index (χ0) is 10.4. The van der Waals surface area contributed by atoms with Crippen LogP contribution >= 0.6 is 11.6 Å². The Labute approximate surface area is 87.3 Å². The van der Waals surface area contributed by atoms with Crippen molar-refractivity contribution in [1.29, 1.82) is 0 Å². The number of oxime groups is 1. The third kappa shape index (κ3) is 3.18. The number of carbonyl (C=O) groups excluding carboxylic acids is 1. The molecule has 0 spiro atoms. The van der Waals surface area contributed by atoms with Crippen LogP contribution in [-0.2, 0) is 9.63 Å². The molecule has 0 fully saturated rings. The van der Waals surface area contributed by atoms with Crippen LogP contribution in [-0.4, -0.2) is 11.1 Å². The van der Waals surface area contributed by atoms with Gasteiger partial charge in [0.2, 0.25) is 0 Å². The highest BCUT2D eigenvalue weighted by atomic mass is 35.5. The van der Waals surface area contributed by atoms with Gasteiger partial charge in [0.15, 0.2) is 5.17 Å². The van der Waals surface area contributed by atoms with Crippen LogP contribution in [0.3, 0.4) is 0 Å². The number of hydrogen-bond donors (Lipinski definition) is 0. The van der Waals surface area contributed by atoms with E-state index in [0.717, 1.165) is 5.56 Å². The lowest BCUT2D eigenvalue weighted by atomic mass is 10.2. The van der Waals surface area contributed by atoms with Gasteiger partial charge >= 0.3 is 5.97 Å². The van der Waals surface area contributed by atoms with Crippen molar-refractivity contribution < 1.29 is 9.63 Å². The van der Waals surface area contributed by atoms with Crippen molar-refractivity contribution in [1.82, 2.24) is 0 Å². The quantitative estimate of drug-likeness (QED) is 0.438. The molecular formula is C10H10ClNO2. The average molecular weight is 212 g/mol. The minimum atomic E-state index is -0.404. The third-order valence-electron chi connectivity index (χ3n) is 1.53. The highest BCUT2D eigenvalue weighted by Gasteiger charge is 2.01. The molecule has 0 aliphatic heterocycles. The standard InChI is InChI=1S/C10H10ClNO2/c1-2-9(13)14-12-10(11)8-6-4-3-5-7-8/h3-7H,2H2,1H3/b12-10+. The molecule has 1 aromatic carbocycles. The summed E-state index contributed by atoms with van der Waals surface area (Å²) in [5, 5.41) is 3.67. The van der Waals surface area contributed by atoms with E-state index in [4.69, 9.17) is 11.6 Å². The zero-order valence-corrected chi connectivity index (χ0v) is 8.49. The second kappa shape index (κ2) is 5.40. The van der Waals surface area contributed by atoms with E-state index in [1.54, 1.807) is 19.1 Å². The summed E-state index contributed by atoms with van der Waals surface area (Å²) in [5.74, 6) is -0.404. The second-order valence-electron chi connectivity index (χ2n) is 2.56. The van der Waals surface area contributed by atoms with Crippen molar-refractivity contribution in [3.05, 3.63) is 35.9 Å². The minimum Gasteiger partial charge on any atom is -0.317 e. The van der Waals surface area contributed by atoms with Crippen molar-refractivity contribution in [2.75, 3.05) is 0 Å². The maximum absolute atomic E-state index is 10.8. The van der Waals surface area contributed by atoms with Crippen LogP contribution in [0.15, 0.2) is 35.5 Å². The van der Waals surface area contributed by atoms with Crippen LogP contribution in [0.5, 0.6) is 0 Å². The van der Waals surface area contributed by atoms with Gasteiger partial charge in [-0.05, 0) is 0 Å². The highest BCUT2D eigenvalue weighted by molar-refractivity contribution is 6.69. The van der Waals surface area contributed by atoms with Gasteiger partial charge in [-0.15, -0.1) is 0 Å². The van der Waals surface area contributed by atoms with Crippen molar-refractivity contribution >= 4 is 22.7 Å². The Balaban J connectivity index is 2.66. The van der Waals surface area contributed by atoms with E-state index >= 15 is 0 Å². The molecule has 0 aromatic heterocycles. The normalized spacial score (nSPS) is 11.1. The minimum absolute atomic E-state index is 0.174. The summed E-state index contributed by atoms with van der Waals surface area (Å²) in [6.07, 6.45) is 0.280. The molecule has 0 bridgehead atoms. The van der Waals surface area contributed by atoms with E-state index in [1.807, 2.05) is 18.2 Å². The van der Waals surface area contributed by atoms with E-state index in [-0.39, 0.29) is 11.6 Å². The summed E-state index contributed by atoms with van der Waals surface area (Å²) in [7, 11) is 0. The van der Waals surface area contributed by atoms with Crippen molar-refractivity contribution in [3.63, 3.8) is 0 Å². The SMILES string of the molecule is CCC(=O)O/N=C(/Cl)c1ccccc1. The zero-order valence-electron chi connectivity index (χ0n) is 7.74. The molecule has 0 aliphatic rings. The van der Waals surface area contributed by atoms with Crippen molar-refractivity contribution in [2.24, 2.45) is 5.16 Å². The molecule has 0 atom stereocenters. The average Bonchev–Trinajstić information content (AvgIpc) is 2.26. The Hall–Kier alpha value is -1.35.